The summed E-state index contributed by atoms with van der Waals surface area (Å²) >= 11 is 0. The molecular formula is C29H31FN2O3. The fourth-order valence-electron chi connectivity index (χ4n) is 4.33. The molecule has 0 aliphatic carbocycles. The molecule has 1 atom stereocenters. The van der Waals surface area contributed by atoms with Gasteiger partial charge in [0.2, 0.25) is 11.8 Å². The summed E-state index contributed by atoms with van der Waals surface area (Å²) in [7, 11) is 0. The Labute approximate surface area is 205 Å². The van der Waals surface area contributed by atoms with Crippen molar-refractivity contribution in [1.82, 2.24) is 10.2 Å². The fourth-order valence-corrected chi connectivity index (χ4v) is 4.33. The average molecular weight is 475 g/mol. The van der Waals surface area contributed by atoms with Crippen molar-refractivity contribution < 1.29 is 18.7 Å². The molecule has 1 fully saturated rings. The van der Waals surface area contributed by atoms with E-state index < -0.39 is 0 Å². The van der Waals surface area contributed by atoms with Gasteiger partial charge in [-0.1, -0.05) is 66.7 Å². The summed E-state index contributed by atoms with van der Waals surface area (Å²) in [6.07, 6.45) is 1.77. The van der Waals surface area contributed by atoms with Crippen LogP contribution in [0.2, 0.25) is 0 Å². The first-order valence-electron chi connectivity index (χ1n) is 12.1. The Balaban J connectivity index is 1.23. The topological polar surface area (TPSA) is 58.6 Å². The standard InChI is InChI=1S/C29H31FN2O3/c30-27-13-11-22(12-14-27)17-28(33)32-15-5-10-26(19-32)29(34)31-18-24-8-4-9-25(16-24)21-35-20-23-6-2-1-3-7-23/h1-4,6-9,11-14,16,26H,5,10,15,17-21H2,(H,31,34)/t26-/m1/s1. The third-order valence-corrected chi connectivity index (χ3v) is 6.25. The van der Waals surface area contributed by atoms with E-state index in [0.717, 1.165) is 35.1 Å². The zero-order chi connectivity index (χ0) is 24.5. The first kappa shape index (κ1) is 24.6. The molecule has 35 heavy (non-hydrogen) atoms. The Morgan fingerprint density at radius 3 is 2.40 bits per heavy atom. The lowest BCUT2D eigenvalue weighted by Gasteiger charge is -2.32. The average Bonchev–Trinajstić information content (AvgIpc) is 2.89. The zero-order valence-electron chi connectivity index (χ0n) is 19.8. The second kappa shape index (κ2) is 12.3. The quantitative estimate of drug-likeness (QED) is 0.492. The van der Waals surface area contributed by atoms with Gasteiger partial charge in [-0.05, 0) is 47.2 Å². The molecule has 182 valence electrons. The molecule has 1 aliphatic heterocycles. The second-order valence-corrected chi connectivity index (χ2v) is 9.00. The lowest BCUT2D eigenvalue weighted by molar-refractivity contribution is -0.135. The maximum atomic E-state index is 13.1. The number of piperidine rings is 1. The number of likely N-dealkylation sites (tertiary alicyclic amines) is 1. The molecule has 0 spiro atoms. The van der Waals surface area contributed by atoms with Crippen molar-refractivity contribution in [2.75, 3.05) is 13.1 Å². The van der Waals surface area contributed by atoms with Gasteiger partial charge < -0.3 is 15.0 Å². The summed E-state index contributed by atoms with van der Waals surface area (Å²) in [5, 5.41) is 3.03. The molecule has 1 aliphatic rings. The van der Waals surface area contributed by atoms with E-state index in [0.29, 0.717) is 32.8 Å². The monoisotopic (exact) mass is 474 g/mol. The molecule has 2 amide bonds. The summed E-state index contributed by atoms with van der Waals surface area (Å²) in [6.45, 7) is 2.56. The molecule has 0 unspecified atom stereocenters. The minimum atomic E-state index is -0.318. The van der Waals surface area contributed by atoms with Crippen LogP contribution in [0.1, 0.15) is 35.1 Å². The van der Waals surface area contributed by atoms with Gasteiger partial charge in [0.15, 0.2) is 0 Å². The molecule has 0 bridgehead atoms. The smallest absolute Gasteiger partial charge is 0.227 e. The Morgan fingerprint density at radius 2 is 1.60 bits per heavy atom. The largest absolute Gasteiger partial charge is 0.372 e. The molecule has 5 nitrogen and oxygen atoms in total. The normalized spacial score (nSPS) is 15.6. The van der Waals surface area contributed by atoms with Crippen LogP contribution in [0.15, 0.2) is 78.9 Å². The highest BCUT2D eigenvalue weighted by atomic mass is 19.1. The number of amides is 2. The van der Waals surface area contributed by atoms with Crippen LogP contribution in [0, 0.1) is 11.7 Å². The molecule has 4 rings (SSSR count). The number of rotatable bonds is 9. The van der Waals surface area contributed by atoms with E-state index in [1.54, 1.807) is 17.0 Å². The number of benzene rings is 3. The van der Waals surface area contributed by atoms with Gasteiger partial charge >= 0.3 is 0 Å². The SMILES string of the molecule is O=C(NCc1cccc(COCc2ccccc2)c1)[C@@H]1CCCN(C(=O)Cc2ccc(F)cc2)C1. The highest BCUT2D eigenvalue weighted by Crippen LogP contribution is 2.18. The minimum Gasteiger partial charge on any atom is -0.372 e. The van der Waals surface area contributed by atoms with Crippen LogP contribution >= 0.6 is 0 Å². The number of hydrogen-bond donors (Lipinski definition) is 1. The van der Waals surface area contributed by atoms with Gasteiger partial charge in [-0.15, -0.1) is 0 Å². The van der Waals surface area contributed by atoms with Gasteiger partial charge in [0.1, 0.15) is 5.82 Å². The molecule has 0 radical (unpaired) electrons. The van der Waals surface area contributed by atoms with Crippen molar-refractivity contribution >= 4 is 11.8 Å². The number of nitrogens with one attached hydrogen (secondary N) is 1. The molecular weight excluding hydrogens is 443 g/mol. The summed E-state index contributed by atoms with van der Waals surface area (Å²) in [5.74, 6) is -0.605. The van der Waals surface area contributed by atoms with Crippen LogP contribution in [0.3, 0.4) is 0 Å². The lowest BCUT2D eigenvalue weighted by Crippen LogP contribution is -2.45. The Bertz CT molecular complexity index is 1120. The second-order valence-electron chi connectivity index (χ2n) is 9.00. The predicted molar refractivity (Wildman–Crippen MR) is 133 cm³/mol. The number of hydrogen-bond acceptors (Lipinski definition) is 3. The summed E-state index contributed by atoms with van der Waals surface area (Å²) in [6, 6.07) is 24.0. The van der Waals surface area contributed by atoms with Crippen LogP contribution in [0.25, 0.3) is 0 Å². The number of carbonyl (C=O) groups is 2. The van der Waals surface area contributed by atoms with Crippen LogP contribution in [-0.4, -0.2) is 29.8 Å². The minimum absolute atomic E-state index is 0.0303. The molecule has 1 N–H and O–H groups in total. The molecule has 1 saturated heterocycles. The predicted octanol–water partition coefficient (Wildman–Crippen LogP) is 4.64. The van der Waals surface area contributed by atoms with Gasteiger partial charge in [0.05, 0.1) is 25.6 Å². The van der Waals surface area contributed by atoms with E-state index >= 15 is 0 Å². The Kier molecular flexibility index (Phi) is 8.63. The van der Waals surface area contributed by atoms with Gasteiger partial charge in [-0.3, -0.25) is 9.59 Å². The van der Waals surface area contributed by atoms with Gasteiger partial charge in [-0.2, -0.15) is 0 Å². The van der Waals surface area contributed by atoms with E-state index in [-0.39, 0.29) is 30.0 Å². The van der Waals surface area contributed by atoms with Crippen molar-refractivity contribution in [3.8, 4) is 0 Å². The zero-order valence-corrected chi connectivity index (χ0v) is 19.8. The lowest BCUT2D eigenvalue weighted by atomic mass is 9.96. The summed E-state index contributed by atoms with van der Waals surface area (Å²) in [4.78, 5) is 27.3. The molecule has 6 heteroatoms. The molecule has 0 aromatic heterocycles. The number of ether oxygens (including phenoxy) is 1. The van der Waals surface area contributed by atoms with Crippen molar-refractivity contribution in [3.05, 3.63) is 107 Å². The highest BCUT2D eigenvalue weighted by molar-refractivity contribution is 5.82. The molecule has 3 aromatic rings. The Morgan fingerprint density at radius 1 is 0.886 bits per heavy atom. The maximum absolute atomic E-state index is 13.1. The molecule has 3 aromatic carbocycles. The van der Waals surface area contributed by atoms with Crippen molar-refractivity contribution in [1.29, 1.82) is 0 Å². The first-order chi connectivity index (χ1) is 17.1. The fraction of sp³-hybridized carbons (Fsp3) is 0.310. The number of carbonyl (C=O) groups excluding carboxylic acids is 2. The third kappa shape index (κ3) is 7.49. The third-order valence-electron chi connectivity index (χ3n) is 6.25. The summed E-state index contributed by atoms with van der Waals surface area (Å²) in [5.41, 5.74) is 3.98. The van der Waals surface area contributed by atoms with Crippen molar-refractivity contribution in [2.45, 2.75) is 39.0 Å². The number of halogens is 1. The van der Waals surface area contributed by atoms with E-state index in [1.807, 2.05) is 54.6 Å². The van der Waals surface area contributed by atoms with Gasteiger partial charge in [-0.25, -0.2) is 4.39 Å². The van der Waals surface area contributed by atoms with Crippen molar-refractivity contribution in [2.24, 2.45) is 5.92 Å². The highest BCUT2D eigenvalue weighted by Gasteiger charge is 2.28. The Hall–Kier alpha value is -3.51. The van der Waals surface area contributed by atoms with Crippen LogP contribution in [-0.2, 0) is 40.5 Å². The van der Waals surface area contributed by atoms with Crippen LogP contribution in [0.4, 0.5) is 4.39 Å². The van der Waals surface area contributed by atoms with Crippen molar-refractivity contribution in [3.63, 3.8) is 0 Å². The summed E-state index contributed by atoms with van der Waals surface area (Å²) < 4.78 is 18.9. The van der Waals surface area contributed by atoms with Gasteiger partial charge in [0, 0.05) is 19.6 Å². The van der Waals surface area contributed by atoms with E-state index in [9.17, 15) is 14.0 Å². The first-order valence-corrected chi connectivity index (χ1v) is 12.1. The maximum Gasteiger partial charge on any atom is 0.227 e. The number of nitrogens with zero attached hydrogens (tertiary/aromatic N) is 1. The van der Waals surface area contributed by atoms with Crippen LogP contribution < -0.4 is 5.32 Å². The van der Waals surface area contributed by atoms with Crippen LogP contribution in [0.5, 0.6) is 0 Å². The van der Waals surface area contributed by atoms with E-state index in [4.69, 9.17) is 4.74 Å². The van der Waals surface area contributed by atoms with Gasteiger partial charge in [0.25, 0.3) is 0 Å². The van der Waals surface area contributed by atoms with E-state index in [2.05, 4.69) is 5.32 Å². The molecule has 0 saturated carbocycles. The van der Waals surface area contributed by atoms with E-state index in [1.165, 1.54) is 12.1 Å². The molecule has 1 heterocycles.